The van der Waals surface area contributed by atoms with Gasteiger partial charge in [0, 0.05) is 0 Å². The number of hydrogen-bond donors (Lipinski definition) is 0. The van der Waals surface area contributed by atoms with Crippen molar-refractivity contribution >= 4 is 11.9 Å². The Bertz CT molecular complexity index is 664. The lowest BCUT2D eigenvalue weighted by Gasteiger charge is -2.29. The minimum atomic E-state index is -1.10. The Morgan fingerprint density at radius 3 is 1.39 bits per heavy atom. The quantitative estimate of drug-likeness (QED) is 0.0682. The van der Waals surface area contributed by atoms with Crippen LogP contribution in [0.25, 0.3) is 0 Å². The lowest BCUT2D eigenvalue weighted by atomic mass is 9.78. The molecule has 0 aromatic carbocycles. The van der Waals surface area contributed by atoms with Gasteiger partial charge in [0.25, 0.3) is 0 Å². The molecule has 5 nitrogen and oxygen atoms in total. The molecule has 3 unspecified atom stereocenters. The monoisotopic (exact) mass is 578 g/mol. The standard InChI is InChI=1S/C36H66O5/c1-3-5-7-9-11-13-15-17-19-21-23-25-29-39-34(37)33-31-32-27-28-36(33,41-32)35(38)40-30-26-24-22-20-18-16-14-12-10-8-6-4-2/h32-33H,3-31H2,1-2H3. The van der Waals surface area contributed by atoms with Crippen molar-refractivity contribution in [3.63, 3.8) is 0 Å². The largest absolute Gasteiger partial charge is 0.465 e. The molecule has 2 rings (SSSR count). The summed E-state index contributed by atoms with van der Waals surface area (Å²) >= 11 is 0. The Hall–Kier alpha value is -1.10. The zero-order valence-electron chi connectivity index (χ0n) is 27.2. The molecule has 41 heavy (non-hydrogen) atoms. The van der Waals surface area contributed by atoms with Crippen LogP contribution in [0.5, 0.6) is 0 Å². The maximum absolute atomic E-state index is 13.1. The molecule has 0 spiro atoms. The molecule has 0 amide bonds. The summed E-state index contributed by atoms with van der Waals surface area (Å²) in [6, 6.07) is 0. The minimum Gasteiger partial charge on any atom is -0.465 e. The molecule has 2 aliphatic rings. The molecule has 0 saturated carbocycles. The number of fused-ring (bicyclic) bond motifs is 2. The average molecular weight is 579 g/mol. The van der Waals surface area contributed by atoms with Gasteiger partial charge in [-0.1, -0.05) is 155 Å². The van der Waals surface area contributed by atoms with E-state index in [-0.39, 0.29) is 18.0 Å². The van der Waals surface area contributed by atoms with E-state index in [2.05, 4.69) is 13.8 Å². The van der Waals surface area contributed by atoms with Gasteiger partial charge in [-0.15, -0.1) is 0 Å². The van der Waals surface area contributed by atoms with Crippen LogP contribution in [0.2, 0.25) is 0 Å². The molecule has 0 aromatic heterocycles. The smallest absolute Gasteiger partial charge is 0.339 e. The van der Waals surface area contributed by atoms with Crippen LogP contribution in [-0.4, -0.2) is 36.9 Å². The van der Waals surface area contributed by atoms with Crippen LogP contribution in [0.1, 0.15) is 187 Å². The summed E-state index contributed by atoms with van der Waals surface area (Å²) in [4.78, 5) is 26.0. The third-order valence-electron chi connectivity index (χ3n) is 9.38. The summed E-state index contributed by atoms with van der Waals surface area (Å²) < 4.78 is 17.4. The van der Waals surface area contributed by atoms with Crippen LogP contribution >= 0.6 is 0 Å². The third-order valence-corrected chi connectivity index (χ3v) is 9.38. The highest BCUT2D eigenvalue weighted by Gasteiger charge is 2.62. The molecule has 5 heteroatoms. The zero-order valence-corrected chi connectivity index (χ0v) is 27.2. The summed E-state index contributed by atoms with van der Waals surface area (Å²) in [5, 5.41) is 0. The van der Waals surface area contributed by atoms with Gasteiger partial charge in [0.05, 0.1) is 25.2 Å². The fourth-order valence-corrected chi connectivity index (χ4v) is 6.69. The first-order valence-corrected chi connectivity index (χ1v) is 18.2. The first kappa shape index (κ1) is 36.1. The average Bonchev–Trinajstić information content (AvgIpc) is 3.58. The molecule has 0 radical (unpaired) electrons. The number of unbranched alkanes of at least 4 members (excludes halogenated alkanes) is 22. The zero-order chi connectivity index (χ0) is 29.4. The number of carbonyl (C=O) groups excluding carboxylic acids is 2. The lowest BCUT2D eigenvalue weighted by Crippen LogP contribution is -2.47. The van der Waals surface area contributed by atoms with Crippen molar-refractivity contribution in [3.8, 4) is 0 Å². The van der Waals surface area contributed by atoms with E-state index < -0.39 is 11.5 Å². The van der Waals surface area contributed by atoms with E-state index in [1.165, 1.54) is 128 Å². The van der Waals surface area contributed by atoms with Gasteiger partial charge in [0.1, 0.15) is 0 Å². The van der Waals surface area contributed by atoms with Gasteiger partial charge in [-0.05, 0) is 32.1 Å². The van der Waals surface area contributed by atoms with E-state index in [4.69, 9.17) is 14.2 Å². The summed E-state index contributed by atoms with van der Waals surface area (Å²) in [7, 11) is 0. The molecular formula is C36H66O5. The van der Waals surface area contributed by atoms with Crippen LogP contribution in [0, 0.1) is 5.92 Å². The van der Waals surface area contributed by atoms with Gasteiger partial charge in [-0.3, -0.25) is 4.79 Å². The summed E-state index contributed by atoms with van der Waals surface area (Å²) in [6.07, 6.45) is 32.7. The van der Waals surface area contributed by atoms with Crippen molar-refractivity contribution in [2.75, 3.05) is 13.2 Å². The number of hydrogen-bond acceptors (Lipinski definition) is 5. The van der Waals surface area contributed by atoms with Crippen molar-refractivity contribution in [3.05, 3.63) is 0 Å². The number of carbonyl (C=O) groups is 2. The molecule has 0 aromatic rings. The summed E-state index contributed by atoms with van der Waals surface area (Å²) in [5.41, 5.74) is -1.10. The molecule has 0 aliphatic carbocycles. The van der Waals surface area contributed by atoms with Crippen LogP contribution < -0.4 is 0 Å². The topological polar surface area (TPSA) is 61.8 Å². The van der Waals surface area contributed by atoms with Crippen LogP contribution in [0.4, 0.5) is 0 Å². The highest BCUT2D eigenvalue weighted by atomic mass is 16.6. The van der Waals surface area contributed by atoms with Crippen molar-refractivity contribution in [2.24, 2.45) is 5.92 Å². The van der Waals surface area contributed by atoms with Crippen molar-refractivity contribution in [1.82, 2.24) is 0 Å². The van der Waals surface area contributed by atoms with Crippen LogP contribution in [0.15, 0.2) is 0 Å². The second-order valence-corrected chi connectivity index (χ2v) is 13.0. The van der Waals surface area contributed by atoms with Crippen LogP contribution in [0.3, 0.4) is 0 Å². The van der Waals surface area contributed by atoms with Gasteiger partial charge < -0.3 is 14.2 Å². The van der Waals surface area contributed by atoms with E-state index in [1.807, 2.05) is 0 Å². The minimum absolute atomic E-state index is 0.0154. The molecule has 2 saturated heterocycles. The van der Waals surface area contributed by atoms with Crippen molar-refractivity contribution in [2.45, 2.75) is 199 Å². The molecule has 2 aliphatic heterocycles. The Kier molecular flexibility index (Phi) is 20.6. The molecule has 2 fully saturated rings. The molecule has 2 heterocycles. The van der Waals surface area contributed by atoms with Crippen LogP contribution in [-0.2, 0) is 23.8 Å². The van der Waals surface area contributed by atoms with E-state index >= 15 is 0 Å². The first-order chi connectivity index (χ1) is 20.1. The highest BCUT2D eigenvalue weighted by molar-refractivity contribution is 5.89. The predicted octanol–water partition coefficient (Wildman–Crippen LogP) is 10.4. The normalized spacial score (nSPS) is 21.4. The Morgan fingerprint density at radius 1 is 0.585 bits per heavy atom. The first-order valence-electron chi connectivity index (χ1n) is 18.2. The fraction of sp³-hybridized carbons (Fsp3) is 0.944. The predicted molar refractivity (Wildman–Crippen MR) is 169 cm³/mol. The molecule has 3 atom stereocenters. The van der Waals surface area contributed by atoms with Gasteiger partial charge in [-0.2, -0.15) is 0 Å². The van der Waals surface area contributed by atoms with Crippen molar-refractivity contribution in [1.29, 1.82) is 0 Å². The Morgan fingerprint density at radius 2 is 0.976 bits per heavy atom. The maximum Gasteiger partial charge on any atom is 0.339 e. The lowest BCUT2D eigenvalue weighted by molar-refractivity contribution is -0.176. The van der Waals surface area contributed by atoms with E-state index in [0.717, 1.165) is 32.1 Å². The van der Waals surface area contributed by atoms with Gasteiger partial charge in [-0.25, -0.2) is 4.79 Å². The third kappa shape index (κ3) is 14.8. The SMILES string of the molecule is CCCCCCCCCCCCCCOC(=O)C1CC2CCC1(C(=O)OCCCCCCCCCCCCCC)O2. The number of esters is 2. The fourth-order valence-electron chi connectivity index (χ4n) is 6.69. The Labute approximate surface area is 253 Å². The molecule has 2 bridgehead atoms. The van der Waals surface area contributed by atoms with Gasteiger partial charge >= 0.3 is 11.9 Å². The van der Waals surface area contributed by atoms with Gasteiger partial charge in [0.2, 0.25) is 0 Å². The maximum atomic E-state index is 13.1. The van der Waals surface area contributed by atoms with E-state index in [0.29, 0.717) is 26.1 Å². The highest BCUT2D eigenvalue weighted by Crippen LogP contribution is 2.49. The van der Waals surface area contributed by atoms with E-state index in [9.17, 15) is 9.59 Å². The second kappa shape index (κ2) is 23.4. The van der Waals surface area contributed by atoms with E-state index in [1.54, 1.807) is 0 Å². The number of rotatable bonds is 28. The number of ether oxygens (including phenoxy) is 3. The van der Waals surface area contributed by atoms with Crippen molar-refractivity contribution < 1.29 is 23.8 Å². The summed E-state index contributed by atoms with van der Waals surface area (Å²) in [5.74, 6) is -1.11. The second-order valence-electron chi connectivity index (χ2n) is 13.0. The molecule has 240 valence electrons. The Balaban J connectivity index is 1.48. The van der Waals surface area contributed by atoms with Gasteiger partial charge in [0.15, 0.2) is 5.60 Å². The summed E-state index contributed by atoms with van der Waals surface area (Å²) in [6.45, 7) is 5.40. The molecular weight excluding hydrogens is 512 g/mol. The molecule has 0 N–H and O–H groups in total.